The zero-order chi connectivity index (χ0) is 21.3. The van der Waals surface area contributed by atoms with Crippen LogP contribution in [0.1, 0.15) is 28.2 Å². The van der Waals surface area contributed by atoms with Gasteiger partial charge in [-0.05, 0) is 30.7 Å². The normalized spacial score (nSPS) is 10.5. The molecule has 30 heavy (non-hydrogen) atoms. The second kappa shape index (κ2) is 10.3. The summed E-state index contributed by atoms with van der Waals surface area (Å²) in [5, 5.41) is 2.91. The van der Waals surface area contributed by atoms with Gasteiger partial charge in [-0.3, -0.25) is 4.79 Å². The summed E-state index contributed by atoms with van der Waals surface area (Å²) in [6.07, 6.45) is 5.05. The number of aromatic amines is 1. The average Bonchev–Trinajstić information content (AvgIpc) is 3.30. The number of imidazole rings is 1. The van der Waals surface area contributed by atoms with E-state index in [0.717, 1.165) is 24.2 Å². The zero-order valence-electron chi connectivity index (χ0n) is 17.1. The number of aromatic nitrogens is 2. The topological polar surface area (TPSA) is 111 Å². The highest BCUT2D eigenvalue weighted by Gasteiger charge is 2.13. The van der Waals surface area contributed by atoms with E-state index in [1.165, 1.54) is 0 Å². The number of rotatable bonds is 10. The third-order valence-corrected chi connectivity index (χ3v) is 4.56. The van der Waals surface area contributed by atoms with Crippen LogP contribution in [0, 0.1) is 0 Å². The van der Waals surface area contributed by atoms with Gasteiger partial charge in [0.05, 0.1) is 14.2 Å². The van der Waals surface area contributed by atoms with Crippen molar-refractivity contribution in [3.05, 3.63) is 65.7 Å². The summed E-state index contributed by atoms with van der Waals surface area (Å²) in [4.78, 5) is 19.7. The van der Waals surface area contributed by atoms with Crippen LogP contribution in [0.4, 0.5) is 0 Å². The van der Waals surface area contributed by atoms with Gasteiger partial charge in [0.1, 0.15) is 17.3 Å². The van der Waals surface area contributed by atoms with Gasteiger partial charge in [-0.25, -0.2) is 4.98 Å². The number of hydrogen-bond donors (Lipinski definition) is 3. The van der Waals surface area contributed by atoms with E-state index in [9.17, 15) is 4.79 Å². The molecular formula is C22H26N4O4. The molecule has 0 saturated heterocycles. The molecule has 0 aliphatic rings. The Kier molecular flexibility index (Phi) is 7.29. The number of hydrogen-bond acceptors (Lipinski definition) is 6. The minimum Gasteiger partial charge on any atom is -0.496 e. The van der Waals surface area contributed by atoms with E-state index < -0.39 is 0 Å². The minimum atomic E-state index is -0.182. The lowest BCUT2D eigenvalue weighted by Crippen LogP contribution is -2.24. The van der Waals surface area contributed by atoms with Crippen LogP contribution < -0.4 is 25.3 Å². The Morgan fingerprint density at radius 2 is 1.93 bits per heavy atom. The van der Waals surface area contributed by atoms with Gasteiger partial charge in [-0.1, -0.05) is 6.07 Å². The molecule has 1 heterocycles. The lowest BCUT2D eigenvalue weighted by molar-refractivity contribution is 0.0953. The van der Waals surface area contributed by atoms with Crippen LogP contribution in [-0.2, 0) is 13.0 Å². The van der Waals surface area contributed by atoms with Crippen molar-refractivity contribution in [1.82, 2.24) is 15.3 Å². The fourth-order valence-electron chi connectivity index (χ4n) is 2.98. The molecule has 0 radical (unpaired) electrons. The third kappa shape index (κ3) is 5.30. The summed E-state index contributed by atoms with van der Waals surface area (Å²) in [6.45, 7) is 0.905. The molecule has 0 fully saturated rings. The number of nitrogens with one attached hydrogen (secondary N) is 2. The first-order valence-corrected chi connectivity index (χ1v) is 9.64. The second-order valence-corrected chi connectivity index (χ2v) is 6.54. The van der Waals surface area contributed by atoms with Gasteiger partial charge < -0.3 is 30.2 Å². The van der Waals surface area contributed by atoms with E-state index in [4.69, 9.17) is 19.9 Å². The van der Waals surface area contributed by atoms with Gasteiger partial charge in [0.2, 0.25) is 0 Å². The van der Waals surface area contributed by atoms with Crippen LogP contribution in [0.15, 0.2) is 48.8 Å². The van der Waals surface area contributed by atoms with Gasteiger partial charge in [0.25, 0.3) is 5.91 Å². The van der Waals surface area contributed by atoms with Crippen LogP contribution >= 0.6 is 0 Å². The first-order chi connectivity index (χ1) is 14.6. The van der Waals surface area contributed by atoms with Crippen molar-refractivity contribution in [2.75, 3.05) is 20.8 Å². The third-order valence-electron chi connectivity index (χ3n) is 4.56. The fraction of sp³-hybridized carbons (Fsp3) is 0.273. The Hall–Kier alpha value is -3.52. The van der Waals surface area contributed by atoms with E-state index in [1.807, 2.05) is 6.07 Å². The monoisotopic (exact) mass is 410 g/mol. The van der Waals surface area contributed by atoms with Crippen LogP contribution in [0.5, 0.6) is 23.0 Å². The van der Waals surface area contributed by atoms with E-state index in [-0.39, 0.29) is 5.91 Å². The predicted molar refractivity (Wildman–Crippen MR) is 113 cm³/mol. The van der Waals surface area contributed by atoms with E-state index >= 15 is 0 Å². The first kappa shape index (κ1) is 21.2. The maximum absolute atomic E-state index is 12.5. The van der Waals surface area contributed by atoms with Crippen molar-refractivity contribution >= 4 is 5.91 Å². The smallest absolute Gasteiger partial charge is 0.251 e. The molecule has 0 atom stereocenters. The molecule has 4 N–H and O–H groups in total. The zero-order valence-corrected chi connectivity index (χ0v) is 17.1. The van der Waals surface area contributed by atoms with Crippen molar-refractivity contribution < 1.29 is 19.0 Å². The van der Waals surface area contributed by atoms with Crippen LogP contribution in [0.3, 0.4) is 0 Å². The quantitative estimate of drug-likeness (QED) is 0.443. The van der Waals surface area contributed by atoms with Crippen molar-refractivity contribution in [2.45, 2.75) is 19.4 Å². The molecule has 0 aliphatic carbocycles. The Morgan fingerprint density at radius 1 is 1.10 bits per heavy atom. The molecule has 0 bridgehead atoms. The van der Waals surface area contributed by atoms with E-state index in [2.05, 4.69) is 15.3 Å². The number of amides is 1. The molecule has 0 saturated carbocycles. The molecule has 2 aromatic carbocycles. The number of aryl methyl sites for hydroxylation is 1. The Balaban J connectivity index is 1.67. The Labute approximate surface area is 175 Å². The Morgan fingerprint density at radius 3 is 2.63 bits per heavy atom. The van der Waals surface area contributed by atoms with Crippen LogP contribution in [0.25, 0.3) is 0 Å². The molecule has 158 valence electrons. The van der Waals surface area contributed by atoms with Crippen molar-refractivity contribution in [2.24, 2.45) is 5.73 Å². The van der Waals surface area contributed by atoms with Crippen LogP contribution in [-0.4, -0.2) is 36.6 Å². The summed E-state index contributed by atoms with van der Waals surface area (Å²) >= 11 is 0. The average molecular weight is 410 g/mol. The standard InChI is InChI=1S/C22H26N4O4/c1-28-18-8-6-15(22(27)26-9-3-4-21-24-10-11-25-21)12-20(18)30-17-7-5-16(14-23)19(13-17)29-2/h5-8,10-13H,3-4,9,14,23H2,1-2H3,(H,24,25)(H,26,27). The molecule has 0 aliphatic heterocycles. The predicted octanol–water partition coefficient (Wildman–Crippen LogP) is 3.04. The number of H-pyrrole nitrogens is 1. The Bertz CT molecular complexity index is 973. The van der Waals surface area contributed by atoms with Crippen LogP contribution in [0.2, 0.25) is 0 Å². The number of benzene rings is 2. The van der Waals surface area contributed by atoms with Gasteiger partial charge in [0.15, 0.2) is 11.5 Å². The highest BCUT2D eigenvalue weighted by molar-refractivity contribution is 5.94. The largest absolute Gasteiger partial charge is 0.496 e. The summed E-state index contributed by atoms with van der Waals surface area (Å²) in [6, 6.07) is 10.5. The number of carbonyl (C=O) groups excluding carboxylic acids is 1. The summed E-state index contributed by atoms with van der Waals surface area (Å²) in [7, 11) is 3.13. The molecule has 1 aromatic heterocycles. The van der Waals surface area contributed by atoms with Gasteiger partial charge in [-0.15, -0.1) is 0 Å². The highest BCUT2D eigenvalue weighted by atomic mass is 16.5. The maximum Gasteiger partial charge on any atom is 0.251 e. The molecule has 0 unspecified atom stereocenters. The molecule has 1 amide bonds. The highest BCUT2D eigenvalue weighted by Crippen LogP contribution is 2.34. The fourth-order valence-corrected chi connectivity index (χ4v) is 2.98. The minimum absolute atomic E-state index is 0.182. The first-order valence-electron chi connectivity index (χ1n) is 9.64. The molecule has 3 rings (SSSR count). The summed E-state index contributed by atoms with van der Waals surface area (Å²) in [5.74, 6) is 2.87. The second-order valence-electron chi connectivity index (χ2n) is 6.54. The molecule has 8 nitrogen and oxygen atoms in total. The summed E-state index contributed by atoms with van der Waals surface area (Å²) in [5.41, 5.74) is 7.07. The maximum atomic E-state index is 12.5. The lowest BCUT2D eigenvalue weighted by Gasteiger charge is -2.14. The van der Waals surface area contributed by atoms with Gasteiger partial charge in [-0.2, -0.15) is 0 Å². The van der Waals surface area contributed by atoms with E-state index in [0.29, 0.717) is 41.7 Å². The number of methoxy groups -OCH3 is 2. The molecular weight excluding hydrogens is 384 g/mol. The van der Waals surface area contributed by atoms with Crippen molar-refractivity contribution in [1.29, 1.82) is 0 Å². The number of nitrogens with zero attached hydrogens (tertiary/aromatic N) is 1. The lowest BCUT2D eigenvalue weighted by atomic mass is 10.1. The van der Waals surface area contributed by atoms with Gasteiger partial charge in [0, 0.05) is 49.1 Å². The SMILES string of the molecule is COc1cc(Oc2cc(C(=O)NCCCc3ncc[nH]3)ccc2OC)ccc1CN. The number of carbonyl (C=O) groups is 1. The molecule has 8 heteroatoms. The molecule has 3 aromatic rings. The van der Waals surface area contributed by atoms with Gasteiger partial charge >= 0.3 is 0 Å². The van der Waals surface area contributed by atoms with Crippen molar-refractivity contribution in [3.63, 3.8) is 0 Å². The number of nitrogens with two attached hydrogens (primary N) is 1. The summed E-state index contributed by atoms with van der Waals surface area (Å²) < 4.78 is 16.7. The number of ether oxygens (including phenoxy) is 3. The molecule has 0 spiro atoms. The van der Waals surface area contributed by atoms with Crippen molar-refractivity contribution in [3.8, 4) is 23.0 Å². The van der Waals surface area contributed by atoms with E-state index in [1.54, 1.807) is 56.9 Å².